The third-order valence-corrected chi connectivity index (χ3v) is 3.76. The molecular formula is C11H13NO2S2. The fourth-order valence-corrected chi connectivity index (χ4v) is 2.63. The monoisotopic (exact) mass is 255 g/mol. The van der Waals surface area contributed by atoms with E-state index in [-0.39, 0.29) is 5.91 Å². The summed E-state index contributed by atoms with van der Waals surface area (Å²) in [7, 11) is 0. The molecule has 1 aliphatic rings. The summed E-state index contributed by atoms with van der Waals surface area (Å²) < 4.78 is 0. The second-order valence-electron chi connectivity index (χ2n) is 3.62. The van der Waals surface area contributed by atoms with Crippen LogP contribution in [0.4, 0.5) is 5.69 Å². The first-order valence-electron chi connectivity index (χ1n) is 5.06. The van der Waals surface area contributed by atoms with Gasteiger partial charge in [0.05, 0.1) is 17.5 Å². The lowest BCUT2D eigenvalue weighted by molar-refractivity contribution is -0.113. The number of nitrogens with one attached hydrogen (secondary N) is 1. The number of thiol groups is 1. The number of aliphatic hydroxyl groups is 1. The minimum Gasteiger partial charge on any atom is -0.388 e. The van der Waals surface area contributed by atoms with Gasteiger partial charge in [0.2, 0.25) is 5.91 Å². The molecule has 1 amide bonds. The lowest BCUT2D eigenvalue weighted by Crippen LogP contribution is -2.18. The Hall–Kier alpha value is -0.650. The number of hydrogen-bond donors (Lipinski definition) is 3. The maximum atomic E-state index is 11.2. The molecule has 0 fully saturated rings. The van der Waals surface area contributed by atoms with Crippen LogP contribution in [0.5, 0.6) is 0 Å². The minimum absolute atomic E-state index is 0.0123. The van der Waals surface area contributed by atoms with Crippen molar-refractivity contribution in [3.63, 3.8) is 0 Å². The standard InChI is InChI=1S/C11H13NO2S2/c13-9(3-4-15)7-1-2-10-8(5-7)12-11(14)6-16-10/h1-2,5,9,13,15H,3-4,6H2,(H,12,14). The first kappa shape index (κ1) is 11.8. The summed E-state index contributed by atoms with van der Waals surface area (Å²) in [5.74, 6) is 1.11. The Balaban J connectivity index is 2.24. The van der Waals surface area contributed by atoms with Crippen LogP contribution in [-0.2, 0) is 4.79 Å². The van der Waals surface area contributed by atoms with Crippen molar-refractivity contribution in [3.05, 3.63) is 23.8 Å². The molecule has 16 heavy (non-hydrogen) atoms. The maximum absolute atomic E-state index is 11.2. The summed E-state index contributed by atoms with van der Waals surface area (Å²) in [4.78, 5) is 12.3. The zero-order valence-electron chi connectivity index (χ0n) is 8.64. The zero-order chi connectivity index (χ0) is 11.5. The molecule has 1 aromatic carbocycles. The lowest BCUT2D eigenvalue weighted by atomic mass is 10.1. The molecule has 1 atom stereocenters. The smallest absolute Gasteiger partial charge is 0.234 e. The van der Waals surface area contributed by atoms with Gasteiger partial charge in [-0.15, -0.1) is 11.8 Å². The third-order valence-electron chi connectivity index (χ3n) is 2.42. The van der Waals surface area contributed by atoms with E-state index in [0.717, 1.165) is 16.1 Å². The van der Waals surface area contributed by atoms with Gasteiger partial charge in [-0.25, -0.2) is 0 Å². The van der Waals surface area contributed by atoms with Crippen LogP contribution in [0.3, 0.4) is 0 Å². The number of hydrogen-bond acceptors (Lipinski definition) is 4. The Labute approximate surface area is 104 Å². The van der Waals surface area contributed by atoms with Crippen LogP contribution < -0.4 is 5.32 Å². The molecule has 86 valence electrons. The van der Waals surface area contributed by atoms with Gasteiger partial charge in [0.1, 0.15) is 0 Å². The largest absolute Gasteiger partial charge is 0.388 e. The van der Waals surface area contributed by atoms with Gasteiger partial charge in [0.25, 0.3) is 0 Å². The topological polar surface area (TPSA) is 49.3 Å². The van der Waals surface area contributed by atoms with Crippen LogP contribution in [0.25, 0.3) is 0 Å². The van der Waals surface area contributed by atoms with E-state index in [2.05, 4.69) is 17.9 Å². The molecule has 2 N–H and O–H groups in total. The molecule has 0 saturated heterocycles. The number of amides is 1. The van der Waals surface area contributed by atoms with Crippen LogP contribution in [-0.4, -0.2) is 22.5 Å². The SMILES string of the molecule is O=C1CSc2ccc(C(O)CCS)cc2N1. The highest BCUT2D eigenvalue weighted by Gasteiger charge is 2.17. The highest BCUT2D eigenvalue weighted by Crippen LogP contribution is 2.33. The van der Waals surface area contributed by atoms with E-state index in [4.69, 9.17) is 0 Å². The molecule has 0 aromatic heterocycles. The van der Waals surface area contributed by atoms with Gasteiger partial charge in [0.15, 0.2) is 0 Å². The quantitative estimate of drug-likeness (QED) is 0.725. The Morgan fingerprint density at radius 1 is 1.56 bits per heavy atom. The van der Waals surface area contributed by atoms with Crippen LogP contribution >= 0.6 is 24.4 Å². The van der Waals surface area contributed by atoms with Gasteiger partial charge in [-0.05, 0) is 29.9 Å². The first-order chi connectivity index (χ1) is 7.70. The van der Waals surface area contributed by atoms with E-state index >= 15 is 0 Å². The highest BCUT2D eigenvalue weighted by molar-refractivity contribution is 8.00. The van der Waals surface area contributed by atoms with Gasteiger partial charge in [-0.3, -0.25) is 4.79 Å². The van der Waals surface area contributed by atoms with Gasteiger partial charge in [0, 0.05) is 4.90 Å². The minimum atomic E-state index is -0.508. The second kappa shape index (κ2) is 5.12. The highest BCUT2D eigenvalue weighted by atomic mass is 32.2. The Morgan fingerprint density at radius 2 is 2.38 bits per heavy atom. The molecule has 0 bridgehead atoms. The predicted molar refractivity (Wildman–Crippen MR) is 69.2 cm³/mol. The van der Waals surface area contributed by atoms with E-state index in [1.807, 2.05) is 18.2 Å². The van der Waals surface area contributed by atoms with Crippen molar-refractivity contribution in [1.29, 1.82) is 0 Å². The summed E-state index contributed by atoms with van der Waals surface area (Å²) in [6, 6.07) is 5.68. The Kier molecular flexibility index (Phi) is 3.78. The van der Waals surface area contributed by atoms with Crippen molar-refractivity contribution in [1.82, 2.24) is 0 Å². The molecular weight excluding hydrogens is 242 g/mol. The Morgan fingerprint density at radius 3 is 3.12 bits per heavy atom. The van der Waals surface area contributed by atoms with Crippen molar-refractivity contribution in [3.8, 4) is 0 Å². The summed E-state index contributed by atoms with van der Waals surface area (Å²) in [6.45, 7) is 0. The first-order valence-corrected chi connectivity index (χ1v) is 6.68. The van der Waals surface area contributed by atoms with Crippen molar-refractivity contribution >= 4 is 36.0 Å². The summed E-state index contributed by atoms with van der Waals surface area (Å²) >= 11 is 5.61. The molecule has 1 aliphatic heterocycles. The van der Waals surface area contributed by atoms with Crippen molar-refractivity contribution in [2.45, 2.75) is 17.4 Å². The van der Waals surface area contributed by atoms with E-state index in [9.17, 15) is 9.90 Å². The fourth-order valence-electron chi connectivity index (χ4n) is 1.60. The van der Waals surface area contributed by atoms with Crippen molar-refractivity contribution < 1.29 is 9.90 Å². The van der Waals surface area contributed by atoms with Crippen molar-refractivity contribution in [2.75, 3.05) is 16.8 Å². The number of anilines is 1. The number of thioether (sulfide) groups is 1. The fraction of sp³-hybridized carbons (Fsp3) is 0.364. The average molecular weight is 255 g/mol. The molecule has 0 aliphatic carbocycles. The van der Waals surface area contributed by atoms with Crippen molar-refractivity contribution in [2.24, 2.45) is 0 Å². The van der Waals surface area contributed by atoms with Crippen LogP contribution in [0, 0.1) is 0 Å². The predicted octanol–water partition coefficient (Wildman–Crippen LogP) is 2.08. The molecule has 0 saturated carbocycles. The zero-order valence-corrected chi connectivity index (χ0v) is 10.4. The van der Waals surface area contributed by atoms with Crippen LogP contribution in [0.1, 0.15) is 18.1 Å². The number of rotatable bonds is 3. The van der Waals surface area contributed by atoms with E-state index in [0.29, 0.717) is 17.9 Å². The molecule has 1 heterocycles. The molecule has 5 heteroatoms. The maximum Gasteiger partial charge on any atom is 0.234 e. The van der Waals surface area contributed by atoms with Gasteiger partial charge < -0.3 is 10.4 Å². The Bertz CT molecular complexity index is 409. The summed E-state index contributed by atoms with van der Waals surface area (Å²) in [6.07, 6.45) is 0.106. The third kappa shape index (κ3) is 2.53. The van der Waals surface area contributed by atoms with E-state index < -0.39 is 6.10 Å². The van der Waals surface area contributed by atoms with E-state index in [1.165, 1.54) is 11.8 Å². The number of fused-ring (bicyclic) bond motifs is 1. The molecule has 2 rings (SSSR count). The van der Waals surface area contributed by atoms with Crippen LogP contribution in [0.2, 0.25) is 0 Å². The summed E-state index contributed by atoms with van der Waals surface area (Å²) in [5.41, 5.74) is 1.63. The number of carbonyl (C=O) groups excluding carboxylic acids is 1. The lowest BCUT2D eigenvalue weighted by Gasteiger charge is -2.18. The molecule has 1 aromatic rings. The molecule has 0 spiro atoms. The van der Waals surface area contributed by atoms with Gasteiger partial charge in [-0.1, -0.05) is 6.07 Å². The normalized spacial score (nSPS) is 16.5. The molecule has 0 radical (unpaired) electrons. The van der Waals surface area contributed by atoms with Crippen LogP contribution in [0.15, 0.2) is 23.1 Å². The average Bonchev–Trinajstić information content (AvgIpc) is 2.28. The molecule has 3 nitrogen and oxygen atoms in total. The summed E-state index contributed by atoms with van der Waals surface area (Å²) in [5, 5.41) is 12.6. The molecule has 1 unspecified atom stereocenters. The number of carbonyl (C=O) groups is 1. The van der Waals surface area contributed by atoms with Gasteiger partial charge in [-0.2, -0.15) is 12.6 Å². The second-order valence-corrected chi connectivity index (χ2v) is 5.08. The van der Waals surface area contributed by atoms with Gasteiger partial charge >= 0.3 is 0 Å². The number of benzene rings is 1. The number of aliphatic hydroxyl groups excluding tert-OH is 1. The van der Waals surface area contributed by atoms with E-state index in [1.54, 1.807) is 0 Å².